The van der Waals surface area contributed by atoms with E-state index in [1.807, 2.05) is 0 Å². The Morgan fingerprint density at radius 2 is 1.86 bits per heavy atom. The van der Waals surface area contributed by atoms with Crippen LogP contribution in [-0.4, -0.2) is 22.0 Å². The summed E-state index contributed by atoms with van der Waals surface area (Å²) in [6, 6.07) is 14.0. The Bertz CT molecular complexity index is 1040. The number of amides is 2. The zero-order chi connectivity index (χ0) is 20.2. The summed E-state index contributed by atoms with van der Waals surface area (Å²) in [5.41, 5.74) is 1.60. The Morgan fingerprint density at radius 1 is 1.10 bits per heavy atom. The fourth-order valence-electron chi connectivity index (χ4n) is 2.79. The molecule has 1 fully saturated rings. The lowest BCUT2D eigenvalue weighted by Crippen LogP contribution is -2.15. The minimum atomic E-state index is -0.324. The number of rotatable bonds is 7. The molecular weight excluding hydrogens is 372 g/mol. The van der Waals surface area contributed by atoms with Crippen LogP contribution in [0.1, 0.15) is 34.9 Å². The monoisotopic (exact) mass is 392 g/mol. The van der Waals surface area contributed by atoms with E-state index in [9.17, 15) is 9.59 Å². The molecule has 3 aromatic rings. The first-order valence-corrected chi connectivity index (χ1v) is 9.32. The fourth-order valence-corrected chi connectivity index (χ4v) is 2.79. The molecule has 0 bridgehead atoms. The van der Waals surface area contributed by atoms with Gasteiger partial charge in [-0.1, -0.05) is 23.4 Å². The molecule has 1 saturated carbocycles. The average Bonchev–Trinajstić information content (AvgIpc) is 3.49. The number of carbonyl (C=O) groups is 2. The highest BCUT2D eigenvalue weighted by molar-refractivity contribution is 6.06. The first-order valence-electron chi connectivity index (χ1n) is 9.32. The smallest absolute Gasteiger partial charge is 0.259 e. The number of anilines is 2. The van der Waals surface area contributed by atoms with Crippen molar-refractivity contribution in [2.75, 3.05) is 10.6 Å². The summed E-state index contributed by atoms with van der Waals surface area (Å²) in [5, 5.41) is 9.49. The predicted octanol–water partition coefficient (Wildman–Crippen LogP) is 3.56. The van der Waals surface area contributed by atoms with Crippen molar-refractivity contribution >= 4 is 23.2 Å². The summed E-state index contributed by atoms with van der Waals surface area (Å²) in [4.78, 5) is 28.8. The summed E-state index contributed by atoms with van der Waals surface area (Å²) in [7, 11) is 0. The summed E-state index contributed by atoms with van der Waals surface area (Å²) in [6.07, 6.45) is 1.87. The maximum absolute atomic E-state index is 12.8. The van der Waals surface area contributed by atoms with Crippen molar-refractivity contribution in [3.63, 3.8) is 0 Å². The van der Waals surface area contributed by atoms with Crippen molar-refractivity contribution < 1.29 is 18.8 Å². The Hall–Kier alpha value is -3.68. The highest BCUT2D eigenvalue weighted by atomic mass is 16.5. The number of benzene rings is 2. The van der Waals surface area contributed by atoms with Gasteiger partial charge in [0.1, 0.15) is 5.75 Å². The van der Waals surface area contributed by atoms with Gasteiger partial charge in [0, 0.05) is 24.2 Å². The van der Waals surface area contributed by atoms with Crippen molar-refractivity contribution in [2.45, 2.75) is 26.4 Å². The zero-order valence-corrected chi connectivity index (χ0v) is 15.8. The van der Waals surface area contributed by atoms with Crippen LogP contribution in [0.4, 0.5) is 11.4 Å². The lowest BCUT2D eigenvalue weighted by molar-refractivity contribution is -0.117. The number of nitrogens with one attached hydrogen (secondary N) is 2. The summed E-state index contributed by atoms with van der Waals surface area (Å²) < 4.78 is 10.6. The molecular formula is C21H20N4O4. The molecule has 0 radical (unpaired) electrons. The predicted molar refractivity (Wildman–Crippen MR) is 106 cm³/mol. The van der Waals surface area contributed by atoms with E-state index >= 15 is 0 Å². The largest absolute Gasteiger partial charge is 0.485 e. The molecule has 1 aliphatic carbocycles. The molecule has 0 unspecified atom stereocenters. The molecule has 2 N–H and O–H groups in total. The van der Waals surface area contributed by atoms with Gasteiger partial charge < -0.3 is 19.9 Å². The molecule has 0 aliphatic heterocycles. The van der Waals surface area contributed by atoms with Crippen LogP contribution in [-0.2, 0) is 11.4 Å². The molecule has 0 atom stereocenters. The summed E-state index contributed by atoms with van der Waals surface area (Å²) >= 11 is 0. The lowest BCUT2D eigenvalue weighted by atomic mass is 10.1. The van der Waals surface area contributed by atoms with Gasteiger partial charge in [-0.2, -0.15) is 4.98 Å². The standard InChI is InChI=1S/C21H20N4O4/c1-13-22-19(25-29-13)12-28-18-8-3-2-7-17(18)21(27)24-16-6-4-5-15(11-16)23-20(26)14-9-10-14/h2-8,11,14H,9-10,12H2,1H3,(H,23,26)(H,24,27). The second kappa shape index (κ2) is 8.14. The van der Waals surface area contributed by atoms with Gasteiger partial charge in [0.25, 0.3) is 5.91 Å². The van der Waals surface area contributed by atoms with E-state index in [1.165, 1.54) is 0 Å². The van der Waals surface area contributed by atoms with Gasteiger partial charge in [-0.15, -0.1) is 0 Å². The molecule has 8 heteroatoms. The van der Waals surface area contributed by atoms with Crippen molar-refractivity contribution in [1.29, 1.82) is 0 Å². The molecule has 2 aromatic carbocycles. The van der Waals surface area contributed by atoms with Crippen LogP contribution in [0.15, 0.2) is 53.1 Å². The molecule has 1 aromatic heterocycles. The Kier molecular flexibility index (Phi) is 5.24. The molecule has 0 spiro atoms. The van der Waals surface area contributed by atoms with Gasteiger partial charge in [-0.25, -0.2) is 0 Å². The van der Waals surface area contributed by atoms with E-state index in [0.29, 0.717) is 34.4 Å². The molecule has 2 amide bonds. The van der Waals surface area contributed by atoms with E-state index in [-0.39, 0.29) is 24.3 Å². The topological polar surface area (TPSA) is 106 Å². The first-order chi connectivity index (χ1) is 14.1. The number of hydrogen-bond donors (Lipinski definition) is 2. The number of para-hydroxylation sites is 1. The van der Waals surface area contributed by atoms with Gasteiger partial charge in [-0.05, 0) is 43.2 Å². The highest BCUT2D eigenvalue weighted by Crippen LogP contribution is 2.30. The maximum Gasteiger partial charge on any atom is 0.259 e. The molecule has 29 heavy (non-hydrogen) atoms. The van der Waals surface area contributed by atoms with E-state index in [1.54, 1.807) is 55.5 Å². The van der Waals surface area contributed by atoms with Gasteiger partial charge in [0.05, 0.1) is 5.56 Å². The van der Waals surface area contributed by atoms with Crippen LogP contribution in [0.5, 0.6) is 5.75 Å². The molecule has 1 heterocycles. The van der Waals surface area contributed by atoms with E-state index in [2.05, 4.69) is 20.8 Å². The second-order valence-electron chi connectivity index (χ2n) is 6.81. The van der Waals surface area contributed by atoms with Crippen molar-refractivity contribution in [1.82, 2.24) is 10.1 Å². The van der Waals surface area contributed by atoms with Crippen LogP contribution in [0.25, 0.3) is 0 Å². The molecule has 0 saturated heterocycles. The Labute approximate surface area is 167 Å². The minimum Gasteiger partial charge on any atom is -0.485 e. The minimum absolute atomic E-state index is 0.0175. The quantitative estimate of drug-likeness (QED) is 0.637. The first kappa shape index (κ1) is 18.7. The number of aryl methyl sites for hydroxylation is 1. The lowest BCUT2D eigenvalue weighted by Gasteiger charge is -2.12. The van der Waals surface area contributed by atoms with Crippen LogP contribution in [0.2, 0.25) is 0 Å². The molecule has 8 nitrogen and oxygen atoms in total. The zero-order valence-electron chi connectivity index (χ0n) is 15.8. The third-order valence-corrected chi connectivity index (χ3v) is 4.39. The van der Waals surface area contributed by atoms with Crippen molar-refractivity contribution in [3.8, 4) is 5.75 Å². The van der Waals surface area contributed by atoms with E-state index in [0.717, 1.165) is 12.8 Å². The van der Waals surface area contributed by atoms with Gasteiger partial charge in [-0.3, -0.25) is 9.59 Å². The number of hydrogen-bond acceptors (Lipinski definition) is 6. The summed E-state index contributed by atoms with van der Waals surface area (Å²) in [5.74, 6) is 1.06. The number of ether oxygens (including phenoxy) is 1. The highest BCUT2D eigenvalue weighted by Gasteiger charge is 2.29. The average molecular weight is 392 g/mol. The SMILES string of the molecule is Cc1nc(COc2ccccc2C(=O)Nc2cccc(NC(=O)C3CC3)c2)no1. The van der Waals surface area contributed by atoms with Crippen LogP contribution >= 0.6 is 0 Å². The number of carbonyl (C=O) groups excluding carboxylic acids is 2. The Balaban J connectivity index is 1.43. The molecule has 148 valence electrons. The van der Waals surface area contributed by atoms with E-state index < -0.39 is 0 Å². The maximum atomic E-state index is 12.8. The fraction of sp³-hybridized carbons (Fsp3) is 0.238. The normalized spacial score (nSPS) is 13.0. The third kappa shape index (κ3) is 4.78. The summed E-state index contributed by atoms with van der Waals surface area (Å²) in [6.45, 7) is 1.78. The van der Waals surface area contributed by atoms with Crippen LogP contribution < -0.4 is 15.4 Å². The number of nitrogens with zero attached hydrogens (tertiary/aromatic N) is 2. The second-order valence-corrected chi connectivity index (χ2v) is 6.81. The number of aromatic nitrogens is 2. The van der Waals surface area contributed by atoms with Gasteiger partial charge in [0.15, 0.2) is 6.61 Å². The van der Waals surface area contributed by atoms with Crippen molar-refractivity contribution in [2.24, 2.45) is 5.92 Å². The van der Waals surface area contributed by atoms with Gasteiger partial charge >= 0.3 is 0 Å². The van der Waals surface area contributed by atoms with Crippen molar-refractivity contribution in [3.05, 3.63) is 65.8 Å². The Morgan fingerprint density at radius 3 is 2.59 bits per heavy atom. The van der Waals surface area contributed by atoms with E-state index in [4.69, 9.17) is 9.26 Å². The molecule has 4 rings (SSSR count). The van der Waals surface area contributed by atoms with Crippen LogP contribution in [0, 0.1) is 12.8 Å². The van der Waals surface area contributed by atoms with Gasteiger partial charge in [0.2, 0.25) is 17.6 Å². The molecule has 1 aliphatic rings. The third-order valence-electron chi connectivity index (χ3n) is 4.39. The van der Waals surface area contributed by atoms with Crippen LogP contribution in [0.3, 0.4) is 0 Å².